The fourth-order valence-electron chi connectivity index (χ4n) is 2.06. The number of hydrogen-bond donors (Lipinski definition) is 0. The van der Waals surface area contributed by atoms with Crippen LogP contribution in [0.3, 0.4) is 0 Å². The van der Waals surface area contributed by atoms with Crippen molar-refractivity contribution in [1.82, 2.24) is 19.9 Å². The van der Waals surface area contributed by atoms with Gasteiger partial charge >= 0.3 is 0 Å². The molecule has 0 atom stereocenters. The Morgan fingerprint density at radius 3 is 2.29 bits per heavy atom. The van der Waals surface area contributed by atoms with Crippen LogP contribution in [0.5, 0.6) is 0 Å². The molecule has 2 heterocycles. The fourth-order valence-corrected chi connectivity index (χ4v) is 2.06. The summed E-state index contributed by atoms with van der Waals surface area (Å²) in [5.41, 5.74) is 1.93. The number of aromatic nitrogens is 3. The van der Waals surface area contributed by atoms with Crippen LogP contribution in [0.2, 0.25) is 0 Å². The molecule has 0 N–H and O–H groups in total. The first-order chi connectivity index (χ1) is 8.42. The zero-order valence-corrected chi connectivity index (χ0v) is 9.75. The number of fused-ring (bicyclic) bond motifs is 1. The summed E-state index contributed by atoms with van der Waals surface area (Å²) in [5.74, 6) is 0. The molecule has 5 heteroatoms. The van der Waals surface area contributed by atoms with Crippen LogP contribution in [0.25, 0.3) is 11.0 Å². The summed E-state index contributed by atoms with van der Waals surface area (Å²) in [6.07, 6.45) is 0. The minimum atomic E-state index is 0.842. The molecule has 0 unspecified atom stereocenters. The third-order valence-corrected chi connectivity index (χ3v) is 3.05. The number of hydrogen-bond acceptors (Lipinski definition) is 4. The summed E-state index contributed by atoms with van der Waals surface area (Å²) in [7, 11) is 0. The minimum absolute atomic E-state index is 0.842. The molecule has 1 saturated heterocycles. The van der Waals surface area contributed by atoms with Gasteiger partial charge in [-0.3, -0.25) is 4.90 Å². The van der Waals surface area contributed by atoms with E-state index in [4.69, 9.17) is 4.74 Å². The Labute approximate surface area is 100.0 Å². The van der Waals surface area contributed by atoms with Gasteiger partial charge in [0.1, 0.15) is 11.0 Å². The third-order valence-electron chi connectivity index (χ3n) is 3.05. The van der Waals surface area contributed by atoms with Gasteiger partial charge in [0.05, 0.1) is 19.8 Å². The van der Waals surface area contributed by atoms with E-state index in [9.17, 15) is 0 Å². The largest absolute Gasteiger partial charge is 0.379 e. The molecule has 0 radical (unpaired) electrons. The smallest absolute Gasteiger partial charge is 0.113 e. The lowest BCUT2D eigenvalue weighted by Gasteiger charge is -2.26. The number of rotatable bonds is 3. The first-order valence-corrected chi connectivity index (χ1v) is 6.02. The van der Waals surface area contributed by atoms with Crippen LogP contribution in [0, 0.1) is 0 Å². The van der Waals surface area contributed by atoms with E-state index in [0.29, 0.717) is 0 Å². The predicted molar refractivity (Wildman–Crippen MR) is 64.8 cm³/mol. The highest BCUT2D eigenvalue weighted by Crippen LogP contribution is 2.07. The number of nitrogens with zero attached hydrogens (tertiary/aromatic N) is 4. The second-order valence-electron chi connectivity index (χ2n) is 4.24. The molecule has 1 fully saturated rings. The van der Waals surface area contributed by atoms with Gasteiger partial charge in [0.15, 0.2) is 0 Å². The second kappa shape index (κ2) is 4.81. The topological polar surface area (TPSA) is 43.2 Å². The van der Waals surface area contributed by atoms with Crippen LogP contribution in [0.4, 0.5) is 0 Å². The van der Waals surface area contributed by atoms with E-state index in [1.807, 2.05) is 24.3 Å². The van der Waals surface area contributed by atoms with E-state index in [0.717, 1.165) is 50.4 Å². The molecular formula is C12H16N4O. The summed E-state index contributed by atoms with van der Waals surface area (Å²) in [5, 5.41) is 8.89. The van der Waals surface area contributed by atoms with Crippen molar-refractivity contribution >= 4 is 11.0 Å². The molecule has 1 aromatic carbocycles. The number of ether oxygens (including phenoxy) is 1. The summed E-state index contributed by atoms with van der Waals surface area (Å²) < 4.78 is 5.32. The van der Waals surface area contributed by atoms with Gasteiger partial charge in [-0.05, 0) is 12.1 Å². The van der Waals surface area contributed by atoms with Crippen LogP contribution in [-0.4, -0.2) is 52.7 Å². The molecule has 1 aliphatic heterocycles. The van der Waals surface area contributed by atoms with E-state index in [1.165, 1.54) is 0 Å². The van der Waals surface area contributed by atoms with Crippen molar-refractivity contribution in [3.8, 4) is 0 Å². The normalized spacial score (nSPS) is 17.6. The molecule has 17 heavy (non-hydrogen) atoms. The van der Waals surface area contributed by atoms with Gasteiger partial charge in [0.2, 0.25) is 0 Å². The quantitative estimate of drug-likeness (QED) is 0.783. The maximum absolute atomic E-state index is 5.32. The summed E-state index contributed by atoms with van der Waals surface area (Å²) in [6, 6.07) is 7.97. The second-order valence-corrected chi connectivity index (χ2v) is 4.24. The number of morpholine rings is 1. The van der Waals surface area contributed by atoms with E-state index >= 15 is 0 Å². The van der Waals surface area contributed by atoms with Gasteiger partial charge in [0.25, 0.3) is 0 Å². The van der Waals surface area contributed by atoms with E-state index in [1.54, 1.807) is 4.80 Å². The third kappa shape index (κ3) is 2.45. The molecule has 0 amide bonds. The minimum Gasteiger partial charge on any atom is -0.379 e. The zero-order chi connectivity index (χ0) is 11.5. The summed E-state index contributed by atoms with van der Waals surface area (Å²) in [6.45, 7) is 5.55. The molecule has 2 aromatic rings. The first-order valence-electron chi connectivity index (χ1n) is 6.02. The van der Waals surface area contributed by atoms with Crippen LogP contribution in [-0.2, 0) is 11.3 Å². The van der Waals surface area contributed by atoms with Gasteiger partial charge in [-0.15, -0.1) is 0 Å². The molecule has 1 aliphatic rings. The van der Waals surface area contributed by atoms with Crippen molar-refractivity contribution in [2.24, 2.45) is 0 Å². The van der Waals surface area contributed by atoms with Crippen LogP contribution >= 0.6 is 0 Å². The zero-order valence-electron chi connectivity index (χ0n) is 9.75. The molecule has 0 aliphatic carbocycles. The molecule has 1 aromatic heterocycles. The van der Waals surface area contributed by atoms with Gasteiger partial charge in [-0.25, -0.2) is 0 Å². The molecular weight excluding hydrogens is 216 g/mol. The van der Waals surface area contributed by atoms with Gasteiger partial charge in [-0.1, -0.05) is 12.1 Å². The molecule has 0 spiro atoms. The van der Waals surface area contributed by atoms with E-state index < -0.39 is 0 Å². The molecule has 3 rings (SSSR count). The summed E-state index contributed by atoms with van der Waals surface area (Å²) in [4.78, 5) is 4.18. The van der Waals surface area contributed by atoms with Crippen LogP contribution in [0.15, 0.2) is 24.3 Å². The Bertz CT molecular complexity index is 457. The maximum Gasteiger partial charge on any atom is 0.113 e. The molecule has 5 nitrogen and oxygen atoms in total. The van der Waals surface area contributed by atoms with Crippen LogP contribution in [0.1, 0.15) is 0 Å². The van der Waals surface area contributed by atoms with Crippen molar-refractivity contribution in [3.63, 3.8) is 0 Å². The average molecular weight is 232 g/mol. The molecule has 90 valence electrons. The molecule has 0 saturated carbocycles. The Morgan fingerprint density at radius 2 is 1.65 bits per heavy atom. The van der Waals surface area contributed by atoms with Gasteiger partial charge in [-0.2, -0.15) is 15.0 Å². The van der Waals surface area contributed by atoms with Crippen molar-refractivity contribution < 1.29 is 4.74 Å². The lowest BCUT2D eigenvalue weighted by atomic mass is 10.3. The Morgan fingerprint density at radius 1 is 1.00 bits per heavy atom. The highest BCUT2D eigenvalue weighted by Gasteiger charge is 2.10. The highest BCUT2D eigenvalue weighted by atomic mass is 16.5. The Hall–Kier alpha value is -1.46. The van der Waals surface area contributed by atoms with Gasteiger partial charge in [0, 0.05) is 19.6 Å². The highest BCUT2D eigenvalue weighted by molar-refractivity contribution is 5.72. The SMILES string of the molecule is c1ccc2nn(CCN3CCOCC3)nc2c1. The van der Waals surface area contributed by atoms with Crippen molar-refractivity contribution in [3.05, 3.63) is 24.3 Å². The van der Waals surface area contributed by atoms with Gasteiger partial charge < -0.3 is 4.74 Å². The van der Waals surface area contributed by atoms with Crippen molar-refractivity contribution in [2.45, 2.75) is 6.54 Å². The van der Waals surface area contributed by atoms with E-state index in [2.05, 4.69) is 15.1 Å². The lowest BCUT2D eigenvalue weighted by molar-refractivity contribution is 0.0355. The van der Waals surface area contributed by atoms with Crippen molar-refractivity contribution in [1.29, 1.82) is 0 Å². The standard InChI is InChI=1S/C12H16N4O/c1-2-4-12-11(3-1)13-16(14-12)6-5-15-7-9-17-10-8-15/h1-4H,5-10H2. The van der Waals surface area contributed by atoms with Crippen molar-refractivity contribution in [2.75, 3.05) is 32.8 Å². The monoisotopic (exact) mass is 232 g/mol. The first kappa shape index (κ1) is 10.7. The lowest BCUT2D eigenvalue weighted by Crippen LogP contribution is -2.38. The summed E-state index contributed by atoms with van der Waals surface area (Å²) >= 11 is 0. The predicted octanol–water partition coefficient (Wildman–Crippen LogP) is 0.763. The number of benzene rings is 1. The Balaban J connectivity index is 1.64. The molecule has 0 bridgehead atoms. The average Bonchev–Trinajstić information content (AvgIpc) is 2.80. The Kier molecular flexibility index (Phi) is 3.02. The van der Waals surface area contributed by atoms with Crippen LogP contribution < -0.4 is 0 Å². The fraction of sp³-hybridized carbons (Fsp3) is 0.500. The van der Waals surface area contributed by atoms with E-state index in [-0.39, 0.29) is 0 Å². The maximum atomic E-state index is 5.32.